The van der Waals surface area contributed by atoms with Gasteiger partial charge in [0.2, 0.25) is 0 Å². The summed E-state index contributed by atoms with van der Waals surface area (Å²) in [5, 5.41) is 23.4. The predicted octanol–water partition coefficient (Wildman–Crippen LogP) is 3.94. The standard InChI is InChI=1S/C15H14Cl2N2O2/c16-11-1-3-14(20)10(7-11)9-18-5-6-19-13-8-12(17)2-4-15(13)21/h1-4,7-9,19-21H,5-6H2/b18-9+. The van der Waals surface area contributed by atoms with Crippen LogP contribution in [0.4, 0.5) is 5.69 Å². The molecule has 0 radical (unpaired) electrons. The van der Waals surface area contributed by atoms with Gasteiger partial charge in [-0.05, 0) is 36.4 Å². The number of aromatic hydroxyl groups is 2. The third-order valence-corrected chi connectivity index (χ3v) is 3.21. The monoisotopic (exact) mass is 324 g/mol. The fourth-order valence-electron chi connectivity index (χ4n) is 1.70. The highest BCUT2D eigenvalue weighted by Crippen LogP contribution is 2.26. The van der Waals surface area contributed by atoms with Gasteiger partial charge in [0, 0.05) is 28.4 Å². The second kappa shape index (κ2) is 7.20. The molecule has 2 rings (SSSR count). The lowest BCUT2D eigenvalue weighted by Gasteiger charge is -2.07. The van der Waals surface area contributed by atoms with Gasteiger partial charge in [-0.15, -0.1) is 0 Å². The third kappa shape index (κ3) is 4.55. The Morgan fingerprint density at radius 1 is 1.00 bits per heavy atom. The lowest BCUT2D eigenvalue weighted by atomic mass is 10.2. The van der Waals surface area contributed by atoms with E-state index in [0.29, 0.717) is 34.4 Å². The SMILES string of the molecule is Oc1ccc(Cl)cc1/C=N/CCNc1cc(Cl)ccc1O. The number of benzene rings is 2. The molecule has 110 valence electrons. The van der Waals surface area contributed by atoms with Crippen LogP contribution in [0.2, 0.25) is 10.0 Å². The van der Waals surface area contributed by atoms with Crippen molar-refractivity contribution in [2.45, 2.75) is 0 Å². The summed E-state index contributed by atoms with van der Waals surface area (Å²) in [6.45, 7) is 0.990. The highest BCUT2D eigenvalue weighted by molar-refractivity contribution is 6.31. The number of hydrogen-bond acceptors (Lipinski definition) is 4. The van der Waals surface area contributed by atoms with Gasteiger partial charge in [-0.3, -0.25) is 4.99 Å². The van der Waals surface area contributed by atoms with E-state index in [2.05, 4.69) is 10.3 Å². The van der Waals surface area contributed by atoms with Crippen LogP contribution >= 0.6 is 23.2 Å². The number of rotatable bonds is 5. The van der Waals surface area contributed by atoms with Crippen LogP contribution in [-0.2, 0) is 0 Å². The Morgan fingerprint density at radius 2 is 1.67 bits per heavy atom. The molecule has 4 nitrogen and oxygen atoms in total. The number of nitrogens with one attached hydrogen (secondary N) is 1. The van der Waals surface area contributed by atoms with E-state index in [1.165, 1.54) is 12.1 Å². The molecule has 0 saturated heterocycles. The van der Waals surface area contributed by atoms with E-state index in [-0.39, 0.29) is 11.5 Å². The van der Waals surface area contributed by atoms with E-state index in [0.717, 1.165) is 0 Å². The van der Waals surface area contributed by atoms with Crippen molar-refractivity contribution in [3.63, 3.8) is 0 Å². The zero-order chi connectivity index (χ0) is 15.2. The molecule has 0 aliphatic heterocycles. The molecule has 0 atom stereocenters. The van der Waals surface area contributed by atoms with Gasteiger partial charge in [0.15, 0.2) is 0 Å². The molecular weight excluding hydrogens is 311 g/mol. The molecule has 21 heavy (non-hydrogen) atoms. The zero-order valence-electron chi connectivity index (χ0n) is 11.1. The molecule has 0 fully saturated rings. The number of halogens is 2. The molecule has 2 aromatic carbocycles. The van der Waals surface area contributed by atoms with E-state index in [1.807, 2.05) is 0 Å². The number of phenols is 2. The Hall–Kier alpha value is -1.91. The van der Waals surface area contributed by atoms with Crippen molar-refractivity contribution in [2.75, 3.05) is 18.4 Å². The first-order valence-electron chi connectivity index (χ1n) is 6.27. The van der Waals surface area contributed by atoms with Crippen LogP contribution in [0.5, 0.6) is 11.5 Å². The first-order chi connectivity index (χ1) is 10.1. The summed E-state index contributed by atoms with van der Waals surface area (Å²) in [6, 6.07) is 9.55. The van der Waals surface area contributed by atoms with Crippen LogP contribution in [0.3, 0.4) is 0 Å². The highest BCUT2D eigenvalue weighted by Gasteiger charge is 2.01. The van der Waals surface area contributed by atoms with Gasteiger partial charge in [-0.25, -0.2) is 0 Å². The Labute approximate surface area is 132 Å². The van der Waals surface area contributed by atoms with E-state index >= 15 is 0 Å². The van der Waals surface area contributed by atoms with Crippen LogP contribution < -0.4 is 5.32 Å². The van der Waals surface area contributed by atoms with Gasteiger partial charge in [0.1, 0.15) is 11.5 Å². The quantitative estimate of drug-likeness (QED) is 0.443. The van der Waals surface area contributed by atoms with Crippen LogP contribution in [0, 0.1) is 0 Å². The van der Waals surface area contributed by atoms with Gasteiger partial charge in [0.05, 0.1) is 12.2 Å². The van der Waals surface area contributed by atoms with Gasteiger partial charge in [0.25, 0.3) is 0 Å². The molecular formula is C15H14Cl2N2O2. The molecule has 0 aliphatic carbocycles. The molecule has 0 saturated carbocycles. The number of aliphatic imine (C=N–C) groups is 1. The summed E-state index contributed by atoms with van der Waals surface area (Å²) in [5.41, 5.74) is 1.12. The fourth-order valence-corrected chi connectivity index (χ4v) is 2.05. The molecule has 0 unspecified atom stereocenters. The van der Waals surface area contributed by atoms with Crippen molar-refractivity contribution < 1.29 is 10.2 Å². The van der Waals surface area contributed by atoms with Gasteiger partial charge < -0.3 is 15.5 Å². The minimum absolute atomic E-state index is 0.128. The summed E-state index contributed by atoms with van der Waals surface area (Å²) in [7, 11) is 0. The number of nitrogens with zero attached hydrogens (tertiary/aromatic N) is 1. The highest BCUT2D eigenvalue weighted by atomic mass is 35.5. The van der Waals surface area contributed by atoms with Crippen molar-refractivity contribution in [3.8, 4) is 11.5 Å². The van der Waals surface area contributed by atoms with E-state index in [4.69, 9.17) is 23.2 Å². The summed E-state index contributed by atoms with van der Waals surface area (Å²) < 4.78 is 0. The van der Waals surface area contributed by atoms with E-state index in [9.17, 15) is 10.2 Å². The summed E-state index contributed by atoms with van der Waals surface area (Å²) >= 11 is 11.7. The summed E-state index contributed by atoms with van der Waals surface area (Å²) in [5.74, 6) is 0.263. The molecule has 0 spiro atoms. The second-order valence-corrected chi connectivity index (χ2v) is 5.20. The number of anilines is 1. The normalized spacial score (nSPS) is 11.0. The van der Waals surface area contributed by atoms with Crippen LogP contribution in [0.25, 0.3) is 0 Å². The average molecular weight is 325 g/mol. The van der Waals surface area contributed by atoms with E-state index in [1.54, 1.807) is 30.5 Å². The predicted molar refractivity (Wildman–Crippen MR) is 87.2 cm³/mol. The molecule has 0 bridgehead atoms. The van der Waals surface area contributed by atoms with Crippen molar-refractivity contribution >= 4 is 35.1 Å². The van der Waals surface area contributed by atoms with Gasteiger partial charge in [-0.1, -0.05) is 23.2 Å². The van der Waals surface area contributed by atoms with Crippen LogP contribution in [0.1, 0.15) is 5.56 Å². The smallest absolute Gasteiger partial charge is 0.138 e. The maximum absolute atomic E-state index is 9.63. The maximum atomic E-state index is 9.63. The summed E-state index contributed by atoms with van der Waals surface area (Å²) in [4.78, 5) is 4.19. The molecule has 2 aromatic rings. The lowest BCUT2D eigenvalue weighted by Crippen LogP contribution is -2.05. The zero-order valence-corrected chi connectivity index (χ0v) is 12.6. The second-order valence-electron chi connectivity index (χ2n) is 4.33. The van der Waals surface area contributed by atoms with Crippen molar-refractivity contribution in [2.24, 2.45) is 4.99 Å². The van der Waals surface area contributed by atoms with Crippen molar-refractivity contribution in [1.29, 1.82) is 0 Å². The first kappa shape index (κ1) is 15.5. The number of phenolic OH excluding ortho intramolecular Hbond substituents is 2. The molecule has 0 amide bonds. The minimum Gasteiger partial charge on any atom is -0.507 e. The van der Waals surface area contributed by atoms with Crippen molar-refractivity contribution in [3.05, 3.63) is 52.0 Å². The minimum atomic E-state index is 0.128. The lowest BCUT2D eigenvalue weighted by molar-refractivity contribution is 0.474. The Morgan fingerprint density at radius 3 is 2.43 bits per heavy atom. The Balaban J connectivity index is 1.88. The summed E-state index contributed by atoms with van der Waals surface area (Å²) in [6.07, 6.45) is 1.56. The topological polar surface area (TPSA) is 64.9 Å². The maximum Gasteiger partial charge on any atom is 0.138 e. The van der Waals surface area contributed by atoms with E-state index < -0.39 is 0 Å². The Kier molecular flexibility index (Phi) is 5.31. The van der Waals surface area contributed by atoms with Gasteiger partial charge in [-0.2, -0.15) is 0 Å². The molecule has 0 aromatic heterocycles. The van der Waals surface area contributed by atoms with Crippen LogP contribution in [0.15, 0.2) is 41.4 Å². The number of hydrogen-bond donors (Lipinski definition) is 3. The molecule has 0 heterocycles. The molecule has 3 N–H and O–H groups in total. The van der Waals surface area contributed by atoms with Gasteiger partial charge >= 0.3 is 0 Å². The molecule has 0 aliphatic rings. The largest absolute Gasteiger partial charge is 0.507 e. The molecule has 6 heteroatoms. The van der Waals surface area contributed by atoms with Crippen LogP contribution in [-0.4, -0.2) is 29.5 Å². The fraction of sp³-hybridized carbons (Fsp3) is 0.133. The third-order valence-electron chi connectivity index (χ3n) is 2.73. The average Bonchev–Trinajstić information content (AvgIpc) is 2.45. The first-order valence-corrected chi connectivity index (χ1v) is 7.02. The van der Waals surface area contributed by atoms with Crippen molar-refractivity contribution in [1.82, 2.24) is 0 Å². The Bertz CT molecular complexity index is 660.